The number of aliphatic hydroxyl groups excluding tert-OH is 1. The molecule has 0 saturated carbocycles. The molecule has 0 heterocycles. The van der Waals surface area contributed by atoms with E-state index in [1.165, 1.54) is 167 Å². The van der Waals surface area contributed by atoms with Gasteiger partial charge in [-0.05, 0) is 37.5 Å². The van der Waals surface area contributed by atoms with Crippen molar-refractivity contribution in [3.8, 4) is 0 Å². The summed E-state index contributed by atoms with van der Waals surface area (Å²) in [7, 11) is -9.90. The Labute approximate surface area is 537 Å². The lowest BCUT2D eigenvalue weighted by Crippen LogP contribution is -2.30. The number of aliphatic hydroxyl groups is 1. The van der Waals surface area contributed by atoms with Crippen molar-refractivity contribution in [2.24, 2.45) is 11.8 Å². The molecule has 0 aliphatic carbocycles. The molecule has 3 N–H and O–H groups in total. The van der Waals surface area contributed by atoms with E-state index in [0.29, 0.717) is 31.6 Å². The van der Waals surface area contributed by atoms with Crippen LogP contribution >= 0.6 is 15.6 Å². The van der Waals surface area contributed by atoms with Crippen molar-refractivity contribution in [1.82, 2.24) is 0 Å². The highest BCUT2D eigenvalue weighted by molar-refractivity contribution is 7.47. The summed E-state index contributed by atoms with van der Waals surface area (Å²) in [5, 5.41) is 10.6. The van der Waals surface area contributed by atoms with E-state index >= 15 is 0 Å². The number of phosphoric acid groups is 2. The maximum Gasteiger partial charge on any atom is 0.472 e. The zero-order valence-corrected chi connectivity index (χ0v) is 58.8. The van der Waals surface area contributed by atoms with Gasteiger partial charge in [0, 0.05) is 25.7 Å². The SMILES string of the molecule is CCCCCCCCCCCCCCCCCCCC(=O)O[C@H](COC(=O)CCCCCCCCCCC(C)CC)COP(=O)(O)OC[C@@H](O)COP(=O)(O)OC[C@@H](COC(=O)CCCCCCCCCCC)OC(=O)CCCCCCCCCC(C)C. The number of esters is 4. The number of phosphoric ester groups is 2. The van der Waals surface area contributed by atoms with Gasteiger partial charge in [0.05, 0.1) is 26.4 Å². The molecule has 0 aliphatic heterocycles. The monoisotopic (exact) mass is 1300 g/mol. The Bertz CT molecular complexity index is 1720. The molecule has 0 aromatic heterocycles. The van der Waals surface area contributed by atoms with Crippen molar-refractivity contribution < 1.29 is 80.2 Å². The van der Waals surface area contributed by atoms with E-state index in [9.17, 15) is 43.2 Å². The van der Waals surface area contributed by atoms with Crippen molar-refractivity contribution >= 4 is 39.5 Å². The molecule has 17 nitrogen and oxygen atoms in total. The Morgan fingerprint density at radius 2 is 0.580 bits per heavy atom. The van der Waals surface area contributed by atoms with Gasteiger partial charge in [-0.1, -0.05) is 298 Å². The zero-order chi connectivity index (χ0) is 65.0. The quantitative estimate of drug-likeness (QED) is 0.0222. The second kappa shape index (κ2) is 61.3. The third-order valence-electron chi connectivity index (χ3n) is 16.3. The van der Waals surface area contributed by atoms with Gasteiger partial charge in [-0.2, -0.15) is 0 Å². The fraction of sp³-hybridized carbons (Fsp3) is 0.942. The number of unbranched alkanes of at least 4 members (excludes halogenated alkanes) is 37. The van der Waals surface area contributed by atoms with Crippen molar-refractivity contribution in [1.29, 1.82) is 0 Å². The van der Waals surface area contributed by atoms with Gasteiger partial charge >= 0.3 is 39.5 Å². The third-order valence-corrected chi connectivity index (χ3v) is 18.2. The number of hydrogen-bond acceptors (Lipinski definition) is 15. The molecule has 0 saturated heterocycles. The molecular formula is C69H134O17P2. The van der Waals surface area contributed by atoms with Gasteiger partial charge in [0.15, 0.2) is 12.2 Å². The predicted molar refractivity (Wildman–Crippen MR) is 354 cm³/mol. The van der Waals surface area contributed by atoms with Crippen LogP contribution in [-0.4, -0.2) is 96.7 Å². The van der Waals surface area contributed by atoms with Crippen molar-refractivity contribution in [3.63, 3.8) is 0 Å². The topological polar surface area (TPSA) is 237 Å². The molecule has 0 radical (unpaired) electrons. The smallest absolute Gasteiger partial charge is 0.462 e. The van der Waals surface area contributed by atoms with Gasteiger partial charge in [-0.3, -0.25) is 37.3 Å². The van der Waals surface area contributed by atoms with E-state index in [2.05, 4.69) is 41.5 Å². The van der Waals surface area contributed by atoms with E-state index in [-0.39, 0.29) is 25.7 Å². The lowest BCUT2D eigenvalue weighted by atomic mass is 9.99. The summed E-state index contributed by atoms with van der Waals surface area (Å²) in [5.41, 5.74) is 0. The highest BCUT2D eigenvalue weighted by atomic mass is 31.2. The van der Waals surface area contributed by atoms with Crippen LogP contribution in [0, 0.1) is 11.8 Å². The summed E-state index contributed by atoms with van der Waals surface area (Å²) in [4.78, 5) is 72.4. The summed E-state index contributed by atoms with van der Waals surface area (Å²) in [6.07, 6.45) is 45.9. The number of carbonyl (C=O) groups is 4. The summed E-state index contributed by atoms with van der Waals surface area (Å²) >= 11 is 0. The molecule has 6 atom stereocenters. The van der Waals surface area contributed by atoms with E-state index in [1.807, 2.05) is 0 Å². The van der Waals surface area contributed by atoms with Gasteiger partial charge in [0.25, 0.3) is 0 Å². The number of hydrogen-bond donors (Lipinski definition) is 3. The lowest BCUT2D eigenvalue weighted by molar-refractivity contribution is -0.161. The molecule has 0 aliphatic rings. The molecule has 0 amide bonds. The maximum absolute atomic E-state index is 13.0. The highest BCUT2D eigenvalue weighted by Crippen LogP contribution is 2.45. The van der Waals surface area contributed by atoms with Crippen LogP contribution in [0.15, 0.2) is 0 Å². The van der Waals surface area contributed by atoms with Crippen LogP contribution in [0.1, 0.15) is 350 Å². The molecule has 0 aromatic rings. The van der Waals surface area contributed by atoms with Crippen LogP contribution < -0.4 is 0 Å². The van der Waals surface area contributed by atoms with Crippen LogP contribution in [0.3, 0.4) is 0 Å². The summed E-state index contributed by atoms with van der Waals surface area (Å²) in [6, 6.07) is 0. The van der Waals surface area contributed by atoms with Crippen LogP contribution in [0.4, 0.5) is 0 Å². The zero-order valence-electron chi connectivity index (χ0n) is 57.0. The minimum absolute atomic E-state index is 0.103. The summed E-state index contributed by atoms with van der Waals surface area (Å²) in [5.74, 6) is -0.655. The van der Waals surface area contributed by atoms with Crippen molar-refractivity contribution in [2.75, 3.05) is 39.6 Å². The average molecular weight is 1300 g/mol. The fourth-order valence-corrected chi connectivity index (χ4v) is 12.0. The average Bonchev–Trinajstić information content (AvgIpc) is 3.71. The Kier molecular flexibility index (Phi) is 59.9. The van der Waals surface area contributed by atoms with Gasteiger partial charge in [0.2, 0.25) is 0 Å². The number of carbonyl (C=O) groups excluding carboxylic acids is 4. The van der Waals surface area contributed by atoms with Gasteiger partial charge in [-0.25, -0.2) is 9.13 Å². The standard InChI is InChI=1S/C69H134O17P2/c1-7-10-12-14-16-18-19-20-21-22-23-24-25-27-35-41-47-53-68(73)85-64(57-80-67(72)52-46-40-34-29-28-32-38-44-50-62(6)9-3)59-83-87(75,76)81-55-63(70)56-82-88(77,78)84-60-65(58-79-66(71)51-45-39-33-26-17-15-13-11-8-2)86-69(74)54-48-42-36-30-31-37-43-49-61(4)5/h61-65,70H,7-60H2,1-6H3,(H,75,76)(H,77,78)/t62?,63-,64-,65-/m1/s1. The Morgan fingerprint density at radius 3 is 0.864 bits per heavy atom. The Balaban J connectivity index is 5.22. The van der Waals surface area contributed by atoms with Gasteiger partial charge in [-0.15, -0.1) is 0 Å². The van der Waals surface area contributed by atoms with E-state index in [1.54, 1.807) is 0 Å². The largest absolute Gasteiger partial charge is 0.472 e. The van der Waals surface area contributed by atoms with Crippen LogP contribution in [0.25, 0.3) is 0 Å². The Morgan fingerprint density at radius 1 is 0.330 bits per heavy atom. The first-order valence-electron chi connectivity index (χ1n) is 36.0. The van der Waals surface area contributed by atoms with Gasteiger partial charge in [0.1, 0.15) is 19.3 Å². The first-order valence-corrected chi connectivity index (χ1v) is 39.0. The third kappa shape index (κ3) is 61.6. The lowest BCUT2D eigenvalue weighted by Gasteiger charge is -2.21. The second-order valence-corrected chi connectivity index (χ2v) is 28.5. The molecule has 522 valence electrons. The molecule has 0 fully saturated rings. The van der Waals surface area contributed by atoms with E-state index < -0.39 is 97.5 Å². The predicted octanol–water partition coefficient (Wildman–Crippen LogP) is 19.6. The fourth-order valence-electron chi connectivity index (χ4n) is 10.4. The van der Waals surface area contributed by atoms with Gasteiger partial charge < -0.3 is 33.8 Å². The van der Waals surface area contributed by atoms with E-state index in [4.69, 9.17) is 37.0 Å². The molecule has 19 heteroatoms. The second-order valence-electron chi connectivity index (χ2n) is 25.6. The van der Waals surface area contributed by atoms with Crippen molar-refractivity contribution in [3.05, 3.63) is 0 Å². The molecular weight excluding hydrogens is 1160 g/mol. The molecule has 88 heavy (non-hydrogen) atoms. The minimum Gasteiger partial charge on any atom is -0.462 e. The molecule has 0 aromatic carbocycles. The highest BCUT2D eigenvalue weighted by Gasteiger charge is 2.30. The molecule has 0 rings (SSSR count). The summed E-state index contributed by atoms with van der Waals surface area (Å²) < 4.78 is 68.2. The van der Waals surface area contributed by atoms with Crippen molar-refractivity contribution in [2.45, 2.75) is 368 Å². The Hall–Kier alpha value is -1.94. The van der Waals surface area contributed by atoms with Crippen LogP contribution in [0.2, 0.25) is 0 Å². The number of ether oxygens (including phenoxy) is 4. The molecule has 0 bridgehead atoms. The number of rotatable bonds is 68. The summed E-state index contributed by atoms with van der Waals surface area (Å²) in [6.45, 7) is 9.46. The maximum atomic E-state index is 13.0. The molecule has 0 spiro atoms. The normalized spacial score (nSPS) is 14.5. The first kappa shape index (κ1) is 86.1. The van der Waals surface area contributed by atoms with Crippen LogP contribution in [-0.2, 0) is 65.4 Å². The molecule has 3 unspecified atom stereocenters. The first-order chi connectivity index (χ1) is 42.4. The minimum atomic E-state index is -4.95. The van der Waals surface area contributed by atoms with Crippen LogP contribution in [0.5, 0.6) is 0 Å². The van der Waals surface area contributed by atoms with E-state index in [0.717, 1.165) is 95.8 Å².